The molecule has 0 aliphatic rings. The quantitative estimate of drug-likeness (QED) is 0.721. The SMILES string of the molecule is Nc1[c]ccnc1-c1cccs1. The van der Waals surface area contributed by atoms with Crippen molar-refractivity contribution < 1.29 is 0 Å². The lowest BCUT2D eigenvalue weighted by Crippen LogP contribution is -1.90. The summed E-state index contributed by atoms with van der Waals surface area (Å²) in [6.07, 6.45) is 1.70. The first-order chi connectivity index (χ1) is 5.88. The van der Waals surface area contributed by atoms with Crippen LogP contribution in [-0.2, 0) is 0 Å². The smallest absolute Gasteiger partial charge is 0.104 e. The third kappa shape index (κ3) is 1.19. The van der Waals surface area contributed by atoms with Crippen molar-refractivity contribution in [2.75, 3.05) is 5.73 Å². The molecule has 2 aromatic heterocycles. The van der Waals surface area contributed by atoms with Crippen LogP contribution in [0.2, 0.25) is 0 Å². The minimum absolute atomic E-state index is 0.611. The van der Waals surface area contributed by atoms with Gasteiger partial charge in [0.05, 0.1) is 10.6 Å². The van der Waals surface area contributed by atoms with Gasteiger partial charge in [-0.3, -0.25) is 4.98 Å². The maximum absolute atomic E-state index is 5.70. The zero-order valence-electron chi connectivity index (χ0n) is 6.32. The Bertz CT molecular complexity index is 368. The second kappa shape index (κ2) is 2.95. The summed E-state index contributed by atoms with van der Waals surface area (Å²) in [6, 6.07) is 8.60. The summed E-state index contributed by atoms with van der Waals surface area (Å²) in [4.78, 5) is 5.26. The number of pyridine rings is 1. The van der Waals surface area contributed by atoms with Crippen LogP contribution in [0.5, 0.6) is 0 Å². The molecule has 2 N–H and O–H groups in total. The normalized spacial score (nSPS) is 10.0. The lowest BCUT2D eigenvalue weighted by Gasteiger charge is -1.98. The zero-order valence-corrected chi connectivity index (χ0v) is 7.14. The first kappa shape index (κ1) is 7.31. The molecule has 0 saturated carbocycles. The van der Waals surface area contributed by atoms with Crippen LogP contribution in [0, 0.1) is 6.07 Å². The van der Waals surface area contributed by atoms with E-state index >= 15 is 0 Å². The molecule has 2 heterocycles. The van der Waals surface area contributed by atoms with Crippen molar-refractivity contribution in [3.63, 3.8) is 0 Å². The van der Waals surface area contributed by atoms with Gasteiger partial charge in [0.25, 0.3) is 0 Å². The molecule has 59 valence electrons. The Labute approximate surface area is 74.7 Å². The van der Waals surface area contributed by atoms with Gasteiger partial charge in [0.2, 0.25) is 0 Å². The highest BCUT2D eigenvalue weighted by molar-refractivity contribution is 7.13. The topological polar surface area (TPSA) is 38.9 Å². The fourth-order valence-electron chi connectivity index (χ4n) is 0.986. The molecule has 2 rings (SSSR count). The molecule has 0 saturated heterocycles. The molecule has 0 spiro atoms. The summed E-state index contributed by atoms with van der Waals surface area (Å²) in [5.74, 6) is 0. The van der Waals surface area contributed by atoms with Crippen LogP contribution in [0.4, 0.5) is 5.69 Å². The number of nitrogens with two attached hydrogens (primary N) is 1. The summed E-state index contributed by atoms with van der Waals surface area (Å²) in [6.45, 7) is 0. The van der Waals surface area contributed by atoms with E-state index in [1.54, 1.807) is 23.6 Å². The van der Waals surface area contributed by atoms with Crippen LogP contribution in [0.15, 0.2) is 29.8 Å². The predicted octanol–water partition coefficient (Wildman–Crippen LogP) is 2.19. The zero-order chi connectivity index (χ0) is 8.39. The average Bonchev–Trinajstić information content (AvgIpc) is 2.57. The van der Waals surface area contributed by atoms with Crippen molar-refractivity contribution in [2.24, 2.45) is 0 Å². The van der Waals surface area contributed by atoms with Crippen LogP contribution in [0.1, 0.15) is 0 Å². The van der Waals surface area contributed by atoms with Crippen LogP contribution in [0.25, 0.3) is 10.6 Å². The van der Waals surface area contributed by atoms with Gasteiger partial charge in [-0.15, -0.1) is 11.3 Å². The van der Waals surface area contributed by atoms with Crippen LogP contribution < -0.4 is 5.73 Å². The Morgan fingerprint density at radius 1 is 1.50 bits per heavy atom. The number of hydrogen-bond donors (Lipinski definition) is 1. The molecule has 0 bridgehead atoms. The second-order valence-electron chi connectivity index (χ2n) is 2.33. The van der Waals surface area contributed by atoms with E-state index in [4.69, 9.17) is 5.73 Å². The van der Waals surface area contributed by atoms with Gasteiger partial charge in [-0.25, -0.2) is 0 Å². The standard InChI is InChI=1S/C9H7N2S/c10-7-3-1-5-11-9(7)8-4-2-6-12-8/h1-2,4-6H,10H2. The summed E-state index contributed by atoms with van der Waals surface area (Å²) < 4.78 is 0. The van der Waals surface area contributed by atoms with Crippen molar-refractivity contribution in [2.45, 2.75) is 0 Å². The van der Waals surface area contributed by atoms with Crippen molar-refractivity contribution >= 4 is 17.0 Å². The summed E-state index contributed by atoms with van der Waals surface area (Å²) >= 11 is 1.63. The number of thiophene rings is 1. The number of nitrogen functional groups attached to an aromatic ring is 1. The minimum Gasteiger partial charge on any atom is -0.396 e. The highest BCUT2D eigenvalue weighted by Gasteiger charge is 2.02. The first-order valence-corrected chi connectivity index (χ1v) is 4.42. The van der Waals surface area contributed by atoms with Gasteiger partial charge in [0.1, 0.15) is 5.69 Å². The van der Waals surface area contributed by atoms with E-state index < -0.39 is 0 Å². The molecule has 0 aliphatic carbocycles. The molecular weight excluding hydrogens is 168 g/mol. The number of rotatable bonds is 1. The van der Waals surface area contributed by atoms with Crippen LogP contribution >= 0.6 is 11.3 Å². The van der Waals surface area contributed by atoms with E-state index in [-0.39, 0.29) is 0 Å². The molecule has 0 amide bonds. The van der Waals surface area contributed by atoms with E-state index in [9.17, 15) is 0 Å². The molecule has 0 aliphatic heterocycles. The van der Waals surface area contributed by atoms with Gasteiger partial charge >= 0.3 is 0 Å². The number of aromatic nitrogens is 1. The number of hydrogen-bond acceptors (Lipinski definition) is 3. The highest BCUT2D eigenvalue weighted by atomic mass is 32.1. The van der Waals surface area contributed by atoms with Crippen molar-refractivity contribution in [1.82, 2.24) is 4.98 Å². The molecule has 3 heteroatoms. The lowest BCUT2D eigenvalue weighted by atomic mass is 10.2. The van der Waals surface area contributed by atoms with Gasteiger partial charge in [-0.05, 0) is 17.5 Å². The van der Waals surface area contributed by atoms with Crippen LogP contribution in [-0.4, -0.2) is 4.98 Å². The number of anilines is 1. The Hall–Kier alpha value is -1.35. The van der Waals surface area contributed by atoms with Gasteiger partial charge in [-0.1, -0.05) is 6.07 Å². The number of nitrogens with zero attached hydrogens (tertiary/aromatic N) is 1. The lowest BCUT2D eigenvalue weighted by molar-refractivity contribution is 1.34. The minimum atomic E-state index is 0.611. The monoisotopic (exact) mass is 175 g/mol. The maximum atomic E-state index is 5.70. The Balaban J connectivity index is 2.55. The van der Waals surface area contributed by atoms with Gasteiger partial charge in [0.15, 0.2) is 0 Å². The van der Waals surface area contributed by atoms with E-state index in [1.807, 2.05) is 17.5 Å². The van der Waals surface area contributed by atoms with Gasteiger partial charge in [0, 0.05) is 12.3 Å². The average molecular weight is 175 g/mol. The summed E-state index contributed by atoms with van der Waals surface area (Å²) in [7, 11) is 0. The van der Waals surface area contributed by atoms with E-state index in [0.29, 0.717) is 5.69 Å². The third-order valence-electron chi connectivity index (χ3n) is 1.53. The third-order valence-corrected chi connectivity index (χ3v) is 2.40. The molecule has 0 aromatic carbocycles. The molecule has 2 nitrogen and oxygen atoms in total. The van der Waals surface area contributed by atoms with Crippen molar-refractivity contribution in [1.29, 1.82) is 0 Å². The largest absolute Gasteiger partial charge is 0.396 e. The van der Waals surface area contributed by atoms with Crippen molar-refractivity contribution in [3.8, 4) is 10.6 Å². The fourth-order valence-corrected chi connectivity index (χ4v) is 1.72. The van der Waals surface area contributed by atoms with Crippen LogP contribution in [0.3, 0.4) is 0 Å². The molecule has 2 aromatic rings. The Morgan fingerprint density at radius 3 is 3.08 bits per heavy atom. The molecule has 0 unspecified atom stereocenters. The van der Waals surface area contributed by atoms with E-state index in [2.05, 4.69) is 11.1 Å². The first-order valence-electron chi connectivity index (χ1n) is 3.54. The highest BCUT2D eigenvalue weighted by Crippen LogP contribution is 2.26. The summed E-state index contributed by atoms with van der Waals surface area (Å²) in [5.41, 5.74) is 7.14. The molecule has 0 fully saturated rings. The molecular formula is C9H7N2S. The fraction of sp³-hybridized carbons (Fsp3) is 0. The maximum Gasteiger partial charge on any atom is 0.104 e. The molecule has 12 heavy (non-hydrogen) atoms. The Kier molecular flexibility index (Phi) is 1.80. The molecule has 0 atom stereocenters. The second-order valence-corrected chi connectivity index (χ2v) is 3.28. The van der Waals surface area contributed by atoms with E-state index in [1.165, 1.54) is 0 Å². The van der Waals surface area contributed by atoms with E-state index in [0.717, 1.165) is 10.6 Å². The Morgan fingerprint density at radius 2 is 2.42 bits per heavy atom. The molecule has 1 radical (unpaired) electrons. The van der Waals surface area contributed by atoms with Gasteiger partial charge < -0.3 is 5.73 Å². The predicted molar refractivity (Wildman–Crippen MR) is 50.8 cm³/mol. The van der Waals surface area contributed by atoms with Gasteiger partial charge in [-0.2, -0.15) is 0 Å². The van der Waals surface area contributed by atoms with Crippen molar-refractivity contribution in [3.05, 3.63) is 35.8 Å². The summed E-state index contributed by atoms with van der Waals surface area (Å²) in [5, 5.41) is 2.00.